The highest BCUT2D eigenvalue weighted by atomic mass is 32.1. The zero-order valence-corrected chi connectivity index (χ0v) is 12.4. The van der Waals surface area contributed by atoms with Gasteiger partial charge < -0.3 is 5.32 Å². The van der Waals surface area contributed by atoms with Crippen LogP contribution in [0.5, 0.6) is 0 Å². The van der Waals surface area contributed by atoms with Crippen LogP contribution in [0.4, 0.5) is 0 Å². The summed E-state index contributed by atoms with van der Waals surface area (Å²) in [6, 6.07) is 10.8. The maximum absolute atomic E-state index is 4.29. The van der Waals surface area contributed by atoms with E-state index in [1.807, 2.05) is 6.07 Å². The Balaban J connectivity index is 1.87. The predicted molar refractivity (Wildman–Crippen MR) is 80.5 cm³/mol. The Kier molecular flexibility index (Phi) is 5.48. The number of hydrogen-bond acceptors (Lipinski definition) is 4. The maximum atomic E-state index is 4.29. The molecular weight excluding hydrogens is 254 g/mol. The number of hydrogen-bond donors (Lipinski definition) is 1. The Morgan fingerprint density at radius 2 is 1.95 bits per heavy atom. The van der Waals surface area contributed by atoms with Crippen LogP contribution < -0.4 is 5.32 Å². The number of aryl methyl sites for hydroxylation is 2. The normalized spacial score (nSPS) is 12.5. The van der Waals surface area contributed by atoms with Crippen molar-refractivity contribution in [1.82, 2.24) is 15.5 Å². The molecule has 0 aliphatic heterocycles. The molecule has 102 valence electrons. The SMILES string of the molecule is CCCNC(C)c1nnc(CCc2ccccc2)s1. The lowest BCUT2D eigenvalue weighted by molar-refractivity contribution is 0.564. The van der Waals surface area contributed by atoms with E-state index >= 15 is 0 Å². The molecule has 0 saturated heterocycles. The van der Waals surface area contributed by atoms with Gasteiger partial charge in [0.15, 0.2) is 0 Å². The summed E-state index contributed by atoms with van der Waals surface area (Å²) in [6.07, 6.45) is 3.15. The molecule has 1 aromatic carbocycles. The lowest BCUT2D eigenvalue weighted by atomic mass is 10.1. The molecule has 1 unspecified atom stereocenters. The molecule has 0 fully saturated rings. The predicted octanol–water partition coefficient (Wildman–Crippen LogP) is 3.38. The molecule has 1 N–H and O–H groups in total. The summed E-state index contributed by atoms with van der Waals surface area (Å²) in [5.41, 5.74) is 1.36. The average Bonchev–Trinajstić information content (AvgIpc) is 2.92. The summed E-state index contributed by atoms with van der Waals surface area (Å²) >= 11 is 1.73. The molecule has 2 aromatic rings. The topological polar surface area (TPSA) is 37.8 Å². The van der Waals surface area contributed by atoms with Crippen molar-refractivity contribution in [3.8, 4) is 0 Å². The van der Waals surface area contributed by atoms with Gasteiger partial charge >= 0.3 is 0 Å². The van der Waals surface area contributed by atoms with Crippen molar-refractivity contribution in [3.05, 3.63) is 45.9 Å². The highest BCUT2D eigenvalue weighted by Crippen LogP contribution is 2.19. The molecule has 0 aliphatic rings. The molecule has 0 aliphatic carbocycles. The first-order valence-electron chi connectivity index (χ1n) is 6.89. The van der Waals surface area contributed by atoms with Crippen molar-refractivity contribution < 1.29 is 0 Å². The van der Waals surface area contributed by atoms with Gasteiger partial charge in [0.05, 0.1) is 6.04 Å². The second kappa shape index (κ2) is 7.36. The van der Waals surface area contributed by atoms with Gasteiger partial charge in [0.1, 0.15) is 10.0 Å². The van der Waals surface area contributed by atoms with Gasteiger partial charge in [0.25, 0.3) is 0 Å². The summed E-state index contributed by atoms with van der Waals surface area (Å²) in [6.45, 7) is 5.35. The fraction of sp³-hybridized carbons (Fsp3) is 0.467. The fourth-order valence-corrected chi connectivity index (χ4v) is 2.76. The minimum atomic E-state index is 0.308. The zero-order chi connectivity index (χ0) is 13.5. The van der Waals surface area contributed by atoms with Crippen LogP contribution in [0.3, 0.4) is 0 Å². The third kappa shape index (κ3) is 4.40. The van der Waals surface area contributed by atoms with Gasteiger partial charge in [0, 0.05) is 6.42 Å². The van der Waals surface area contributed by atoms with Crippen LogP contribution in [0.25, 0.3) is 0 Å². The molecule has 0 radical (unpaired) electrons. The first-order chi connectivity index (χ1) is 9.29. The highest BCUT2D eigenvalue weighted by molar-refractivity contribution is 7.11. The second-order valence-corrected chi connectivity index (χ2v) is 5.79. The number of aromatic nitrogens is 2. The molecule has 1 heterocycles. The third-order valence-corrected chi connectivity index (χ3v) is 4.19. The summed E-state index contributed by atoms with van der Waals surface area (Å²) in [7, 11) is 0. The lowest BCUT2D eigenvalue weighted by Gasteiger charge is -2.08. The van der Waals surface area contributed by atoms with Crippen molar-refractivity contribution >= 4 is 11.3 Å². The van der Waals surface area contributed by atoms with Gasteiger partial charge in [0.2, 0.25) is 0 Å². The standard InChI is InChI=1S/C15H21N3S/c1-3-11-16-12(2)15-18-17-14(19-15)10-9-13-7-5-4-6-8-13/h4-8,12,16H,3,9-11H2,1-2H3. The molecule has 19 heavy (non-hydrogen) atoms. The Bertz CT molecular complexity index is 481. The minimum Gasteiger partial charge on any atom is -0.308 e. The average molecular weight is 275 g/mol. The number of benzene rings is 1. The van der Waals surface area contributed by atoms with Crippen LogP contribution >= 0.6 is 11.3 Å². The van der Waals surface area contributed by atoms with E-state index in [0.29, 0.717) is 6.04 Å². The van der Waals surface area contributed by atoms with Gasteiger partial charge in [-0.1, -0.05) is 48.6 Å². The van der Waals surface area contributed by atoms with Gasteiger partial charge in [-0.05, 0) is 31.9 Å². The first-order valence-corrected chi connectivity index (χ1v) is 7.71. The van der Waals surface area contributed by atoms with Crippen LogP contribution in [0.1, 0.15) is 41.9 Å². The van der Waals surface area contributed by atoms with E-state index in [-0.39, 0.29) is 0 Å². The lowest BCUT2D eigenvalue weighted by Crippen LogP contribution is -2.18. The Labute approximate surface area is 119 Å². The van der Waals surface area contributed by atoms with Crippen molar-refractivity contribution in [2.45, 2.75) is 39.2 Å². The Hall–Kier alpha value is -1.26. The van der Waals surface area contributed by atoms with E-state index in [1.54, 1.807) is 11.3 Å². The van der Waals surface area contributed by atoms with Crippen molar-refractivity contribution in [3.63, 3.8) is 0 Å². The van der Waals surface area contributed by atoms with Crippen LogP contribution in [-0.4, -0.2) is 16.7 Å². The molecule has 0 bridgehead atoms. The second-order valence-electron chi connectivity index (χ2n) is 4.70. The number of nitrogens with zero attached hydrogens (tertiary/aromatic N) is 2. The zero-order valence-electron chi connectivity index (χ0n) is 11.6. The smallest absolute Gasteiger partial charge is 0.134 e. The van der Waals surface area contributed by atoms with Gasteiger partial charge in [-0.15, -0.1) is 10.2 Å². The van der Waals surface area contributed by atoms with Crippen LogP contribution in [0.2, 0.25) is 0 Å². The summed E-state index contributed by atoms with van der Waals surface area (Å²) in [4.78, 5) is 0. The largest absolute Gasteiger partial charge is 0.308 e. The summed E-state index contributed by atoms with van der Waals surface area (Å²) < 4.78 is 0. The van der Waals surface area contributed by atoms with Crippen LogP contribution in [-0.2, 0) is 12.8 Å². The Morgan fingerprint density at radius 3 is 2.68 bits per heavy atom. The maximum Gasteiger partial charge on any atom is 0.134 e. The molecule has 3 nitrogen and oxygen atoms in total. The van der Waals surface area contributed by atoms with Gasteiger partial charge in [-0.25, -0.2) is 0 Å². The number of rotatable bonds is 7. The molecule has 2 rings (SSSR count). The molecular formula is C15H21N3S. The summed E-state index contributed by atoms with van der Waals surface area (Å²) in [5, 5.41) is 14.2. The van der Waals surface area contributed by atoms with Gasteiger partial charge in [-0.3, -0.25) is 0 Å². The van der Waals surface area contributed by atoms with Gasteiger partial charge in [-0.2, -0.15) is 0 Å². The third-order valence-electron chi connectivity index (χ3n) is 3.02. The first kappa shape index (κ1) is 14.2. The quantitative estimate of drug-likeness (QED) is 0.841. The molecule has 1 aromatic heterocycles. The molecule has 0 spiro atoms. The van der Waals surface area contributed by atoms with Crippen molar-refractivity contribution in [2.75, 3.05) is 6.54 Å². The fourth-order valence-electron chi connectivity index (χ4n) is 1.89. The van der Waals surface area contributed by atoms with Crippen molar-refractivity contribution in [1.29, 1.82) is 0 Å². The molecule has 4 heteroatoms. The highest BCUT2D eigenvalue weighted by Gasteiger charge is 2.10. The number of nitrogens with one attached hydrogen (secondary N) is 1. The Morgan fingerprint density at radius 1 is 1.16 bits per heavy atom. The molecule has 0 amide bonds. The molecule has 1 atom stereocenters. The minimum absolute atomic E-state index is 0.308. The van der Waals surface area contributed by atoms with E-state index in [9.17, 15) is 0 Å². The molecule has 0 saturated carbocycles. The van der Waals surface area contributed by atoms with E-state index < -0.39 is 0 Å². The van der Waals surface area contributed by atoms with E-state index in [4.69, 9.17) is 0 Å². The van der Waals surface area contributed by atoms with Crippen LogP contribution in [0.15, 0.2) is 30.3 Å². The van der Waals surface area contributed by atoms with Crippen molar-refractivity contribution in [2.24, 2.45) is 0 Å². The van der Waals surface area contributed by atoms with E-state index in [2.05, 4.69) is 53.6 Å². The monoisotopic (exact) mass is 275 g/mol. The van der Waals surface area contributed by atoms with Crippen LogP contribution in [0, 0.1) is 0 Å². The van der Waals surface area contributed by atoms with E-state index in [1.165, 1.54) is 5.56 Å². The van der Waals surface area contributed by atoms with E-state index in [0.717, 1.165) is 35.8 Å². The summed E-state index contributed by atoms with van der Waals surface area (Å²) in [5.74, 6) is 0.